The SMILES string of the molecule is CCCc1noc(CCC(=O)Nc2ccn[nH]2)n1. The summed E-state index contributed by atoms with van der Waals surface area (Å²) in [4.78, 5) is 15.8. The number of aromatic nitrogens is 4. The summed E-state index contributed by atoms with van der Waals surface area (Å²) in [7, 11) is 0. The lowest BCUT2D eigenvalue weighted by Gasteiger charge is -1.99. The summed E-state index contributed by atoms with van der Waals surface area (Å²) in [5, 5.41) is 12.9. The molecule has 2 aromatic heterocycles. The van der Waals surface area contributed by atoms with Gasteiger partial charge in [0, 0.05) is 25.3 Å². The van der Waals surface area contributed by atoms with Crippen molar-refractivity contribution in [3.05, 3.63) is 24.0 Å². The van der Waals surface area contributed by atoms with E-state index in [1.807, 2.05) is 6.92 Å². The second-order valence-corrected chi connectivity index (χ2v) is 3.87. The fourth-order valence-electron chi connectivity index (χ4n) is 1.48. The summed E-state index contributed by atoms with van der Waals surface area (Å²) in [6.45, 7) is 2.05. The van der Waals surface area contributed by atoms with E-state index in [4.69, 9.17) is 4.52 Å². The predicted octanol–water partition coefficient (Wildman–Crippen LogP) is 1.32. The number of carbonyl (C=O) groups excluding carboxylic acids is 1. The minimum absolute atomic E-state index is 0.116. The van der Waals surface area contributed by atoms with E-state index in [0.29, 0.717) is 30.4 Å². The van der Waals surface area contributed by atoms with E-state index in [2.05, 4.69) is 25.7 Å². The van der Waals surface area contributed by atoms with Gasteiger partial charge in [0.25, 0.3) is 0 Å². The first kappa shape index (κ1) is 12.3. The van der Waals surface area contributed by atoms with Gasteiger partial charge in [-0.1, -0.05) is 12.1 Å². The Hall–Kier alpha value is -2.18. The largest absolute Gasteiger partial charge is 0.339 e. The highest BCUT2D eigenvalue weighted by Crippen LogP contribution is 2.05. The van der Waals surface area contributed by atoms with Crippen LogP contribution in [0.1, 0.15) is 31.5 Å². The Morgan fingerprint density at radius 1 is 1.50 bits per heavy atom. The molecule has 0 radical (unpaired) electrons. The van der Waals surface area contributed by atoms with Gasteiger partial charge in [-0.25, -0.2) is 0 Å². The van der Waals surface area contributed by atoms with Crippen LogP contribution in [-0.2, 0) is 17.6 Å². The van der Waals surface area contributed by atoms with Gasteiger partial charge in [0.2, 0.25) is 11.8 Å². The first-order chi connectivity index (χ1) is 8.78. The van der Waals surface area contributed by atoms with Gasteiger partial charge >= 0.3 is 0 Å². The third kappa shape index (κ3) is 3.41. The molecule has 2 aromatic rings. The third-order valence-corrected chi connectivity index (χ3v) is 2.32. The highest BCUT2D eigenvalue weighted by atomic mass is 16.5. The number of nitrogens with zero attached hydrogens (tertiary/aromatic N) is 3. The van der Waals surface area contributed by atoms with Crippen LogP contribution in [-0.4, -0.2) is 26.2 Å². The van der Waals surface area contributed by atoms with Crippen molar-refractivity contribution in [1.29, 1.82) is 0 Å². The number of anilines is 1. The second-order valence-electron chi connectivity index (χ2n) is 3.87. The zero-order chi connectivity index (χ0) is 12.8. The maximum absolute atomic E-state index is 11.6. The van der Waals surface area contributed by atoms with Crippen LogP contribution in [0.3, 0.4) is 0 Å². The van der Waals surface area contributed by atoms with Crippen molar-refractivity contribution in [1.82, 2.24) is 20.3 Å². The summed E-state index contributed by atoms with van der Waals surface area (Å²) in [6.07, 6.45) is 4.08. The van der Waals surface area contributed by atoms with Crippen molar-refractivity contribution >= 4 is 11.7 Å². The van der Waals surface area contributed by atoms with Crippen molar-refractivity contribution in [2.45, 2.75) is 32.6 Å². The number of rotatable bonds is 6. The Balaban J connectivity index is 1.78. The third-order valence-electron chi connectivity index (χ3n) is 2.32. The van der Waals surface area contributed by atoms with Crippen LogP contribution < -0.4 is 5.32 Å². The number of H-pyrrole nitrogens is 1. The number of nitrogens with one attached hydrogen (secondary N) is 2. The van der Waals surface area contributed by atoms with Gasteiger partial charge < -0.3 is 9.84 Å². The molecule has 96 valence electrons. The molecule has 0 saturated carbocycles. The van der Waals surface area contributed by atoms with Gasteiger partial charge in [-0.3, -0.25) is 9.89 Å². The summed E-state index contributed by atoms with van der Waals surface area (Å²) in [5.41, 5.74) is 0. The van der Waals surface area contributed by atoms with Crippen molar-refractivity contribution in [2.75, 3.05) is 5.32 Å². The summed E-state index contributed by atoms with van der Waals surface area (Å²) in [6, 6.07) is 1.68. The molecule has 0 atom stereocenters. The lowest BCUT2D eigenvalue weighted by molar-refractivity contribution is -0.116. The van der Waals surface area contributed by atoms with Gasteiger partial charge in [0.15, 0.2) is 5.82 Å². The summed E-state index contributed by atoms with van der Waals surface area (Å²) < 4.78 is 5.04. The number of aryl methyl sites for hydroxylation is 2. The van der Waals surface area contributed by atoms with Crippen molar-refractivity contribution in [2.24, 2.45) is 0 Å². The molecular weight excluding hydrogens is 234 g/mol. The number of amides is 1. The molecule has 7 heteroatoms. The van der Waals surface area contributed by atoms with Gasteiger partial charge in [-0.2, -0.15) is 10.1 Å². The molecule has 0 spiro atoms. The number of hydrogen-bond acceptors (Lipinski definition) is 5. The highest BCUT2D eigenvalue weighted by Gasteiger charge is 2.09. The zero-order valence-electron chi connectivity index (χ0n) is 10.1. The topological polar surface area (TPSA) is 96.7 Å². The fraction of sp³-hybridized carbons (Fsp3) is 0.455. The van der Waals surface area contributed by atoms with Gasteiger partial charge in [-0.15, -0.1) is 0 Å². The van der Waals surface area contributed by atoms with E-state index in [1.54, 1.807) is 12.3 Å². The monoisotopic (exact) mass is 249 g/mol. The number of aromatic amines is 1. The quantitative estimate of drug-likeness (QED) is 0.804. The van der Waals surface area contributed by atoms with Gasteiger partial charge in [-0.05, 0) is 6.42 Å². The lowest BCUT2D eigenvalue weighted by Crippen LogP contribution is -2.12. The molecule has 0 aromatic carbocycles. The van der Waals surface area contributed by atoms with E-state index < -0.39 is 0 Å². The molecule has 0 fully saturated rings. The van der Waals surface area contributed by atoms with Crippen molar-refractivity contribution in [3.8, 4) is 0 Å². The molecule has 2 heterocycles. The highest BCUT2D eigenvalue weighted by molar-refractivity contribution is 5.89. The summed E-state index contributed by atoms with van der Waals surface area (Å²) in [5.74, 6) is 1.66. The Bertz CT molecular complexity index is 491. The molecule has 7 nitrogen and oxygen atoms in total. The van der Waals surface area contributed by atoms with E-state index in [-0.39, 0.29) is 5.91 Å². The maximum Gasteiger partial charge on any atom is 0.227 e. The minimum atomic E-state index is -0.116. The molecule has 0 saturated heterocycles. The van der Waals surface area contributed by atoms with Crippen LogP contribution in [0, 0.1) is 0 Å². The summed E-state index contributed by atoms with van der Waals surface area (Å²) >= 11 is 0. The Kier molecular flexibility index (Phi) is 4.06. The van der Waals surface area contributed by atoms with Crippen LogP contribution >= 0.6 is 0 Å². The average Bonchev–Trinajstić information content (AvgIpc) is 2.99. The molecule has 18 heavy (non-hydrogen) atoms. The molecule has 0 aliphatic carbocycles. The first-order valence-corrected chi connectivity index (χ1v) is 5.88. The minimum Gasteiger partial charge on any atom is -0.339 e. The second kappa shape index (κ2) is 5.95. The fourth-order valence-corrected chi connectivity index (χ4v) is 1.48. The molecule has 0 unspecified atom stereocenters. The number of hydrogen-bond donors (Lipinski definition) is 2. The van der Waals surface area contributed by atoms with Gasteiger partial charge in [0.1, 0.15) is 5.82 Å². The molecule has 2 N–H and O–H groups in total. The van der Waals surface area contributed by atoms with Gasteiger partial charge in [0.05, 0.1) is 6.20 Å². The van der Waals surface area contributed by atoms with Crippen molar-refractivity contribution in [3.63, 3.8) is 0 Å². The molecule has 0 aliphatic heterocycles. The molecule has 0 aliphatic rings. The molecule has 1 amide bonds. The molecule has 0 bridgehead atoms. The molecule has 2 rings (SSSR count). The average molecular weight is 249 g/mol. The Morgan fingerprint density at radius 3 is 3.11 bits per heavy atom. The van der Waals surface area contributed by atoms with Crippen molar-refractivity contribution < 1.29 is 9.32 Å². The number of carbonyl (C=O) groups is 1. The van der Waals surface area contributed by atoms with Crippen LogP contribution in [0.2, 0.25) is 0 Å². The lowest BCUT2D eigenvalue weighted by atomic mass is 10.3. The predicted molar refractivity (Wildman–Crippen MR) is 63.8 cm³/mol. The normalized spacial score (nSPS) is 10.5. The van der Waals surface area contributed by atoms with Crippen LogP contribution in [0.4, 0.5) is 5.82 Å². The van der Waals surface area contributed by atoms with E-state index in [0.717, 1.165) is 12.8 Å². The Labute approximate surface area is 104 Å². The van der Waals surface area contributed by atoms with Crippen LogP contribution in [0.5, 0.6) is 0 Å². The van der Waals surface area contributed by atoms with Crippen LogP contribution in [0.25, 0.3) is 0 Å². The van der Waals surface area contributed by atoms with E-state index >= 15 is 0 Å². The van der Waals surface area contributed by atoms with E-state index in [1.165, 1.54) is 0 Å². The molecular formula is C11H15N5O2. The smallest absolute Gasteiger partial charge is 0.227 e. The standard InChI is InChI=1S/C11H15N5O2/c1-2-3-9-14-11(18-16-9)5-4-10(17)13-8-6-7-12-15-8/h6-7H,2-5H2,1H3,(H2,12,13,15,17). The Morgan fingerprint density at radius 2 is 2.39 bits per heavy atom. The van der Waals surface area contributed by atoms with E-state index in [9.17, 15) is 4.79 Å². The first-order valence-electron chi connectivity index (χ1n) is 5.88. The zero-order valence-corrected chi connectivity index (χ0v) is 10.1. The van der Waals surface area contributed by atoms with Crippen LogP contribution in [0.15, 0.2) is 16.8 Å². The maximum atomic E-state index is 11.6.